The summed E-state index contributed by atoms with van der Waals surface area (Å²) in [6, 6.07) is 5.07. The van der Waals surface area contributed by atoms with E-state index in [1.165, 1.54) is 18.7 Å². The minimum atomic E-state index is -0.176. The van der Waals surface area contributed by atoms with Crippen LogP contribution in [0.3, 0.4) is 0 Å². The van der Waals surface area contributed by atoms with E-state index in [1.54, 1.807) is 23.1 Å². The molecule has 0 aromatic heterocycles. The van der Waals surface area contributed by atoms with Crippen LogP contribution in [0.5, 0.6) is 0 Å². The van der Waals surface area contributed by atoms with Gasteiger partial charge < -0.3 is 10.0 Å². The summed E-state index contributed by atoms with van der Waals surface area (Å²) < 4.78 is 0. The fourth-order valence-electron chi connectivity index (χ4n) is 2.17. The molecule has 1 saturated heterocycles. The number of hydrogen-bond donors (Lipinski definition) is 1. The lowest BCUT2D eigenvalue weighted by Crippen LogP contribution is -2.26. The summed E-state index contributed by atoms with van der Waals surface area (Å²) in [6.45, 7) is 1.81. The molecular weight excluding hydrogens is 286 g/mol. The number of carbonyl (C=O) groups excluding carboxylic acids is 2. The number of anilines is 1. The second kappa shape index (κ2) is 5.94. The Morgan fingerprint density at radius 3 is 2.95 bits per heavy atom. The number of thioether (sulfide) groups is 1. The average Bonchev–Trinajstić information content (AvgIpc) is 2.69. The molecule has 1 aromatic carbocycles. The molecule has 1 fully saturated rings. The SMILES string of the molecule is CC(=O)SC1CC(=O)N(c2ccc(Cl)cc2CO)C1. The topological polar surface area (TPSA) is 57.6 Å². The number of aliphatic hydroxyl groups is 1. The van der Waals surface area contributed by atoms with Gasteiger partial charge in [0.25, 0.3) is 0 Å². The van der Waals surface area contributed by atoms with E-state index in [4.69, 9.17) is 11.6 Å². The van der Waals surface area contributed by atoms with Crippen molar-refractivity contribution in [3.8, 4) is 0 Å². The summed E-state index contributed by atoms with van der Waals surface area (Å²) in [5, 5.41) is 9.86. The van der Waals surface area contributed by atoms with E-state index in [2.05, 4.69) is 0 Å². The number of rotatable bonds is 3. The van der Waals surface area contributed by atoms with Gasteiger partial charge in [-0.1, -0.05) is 23.4 Å². The van der Waals surface area contributed by atoms with Crippen molar-refractivity contribution in [3.63, 3.8) is 0 Å². The van der Waals surface area contributed by atoms with Crippen LogP contribution in [0.4, 0.5) is 5.69 Å². The van der Waals surface area contributed by atoms with Gasteiger partial charge in [-0.05, 0) is 18.2 Å². The molecule has 19 heavy (non-hydrogen) atoms. The number of aliphatic hydroxyl groups excluding tert-OH is 1. The zero-order chi connectivity index (χ0) is 14.0. The van der Waals surface area contributed by atoms with Gasteiger partial charge in [-0.3, -0.25) is 9.59 Å². The summed E-state index contributed by atoms with van der Waals surface area (Å²) in [5.41, 5.74) is 1.29. The van der Waals surface area contributed by atoms with Crippen molar-refractivity contribution in [2.75, 3.05) is 11.4 Å². The monoisotopic (exact) mass is 299 g/mol. The second-order valence-electron chi connectivity index (χ2n) is 4.37. The first-order chi connectivity index (χ1) is 9.01. The minimum absolute atomic E-state index is 0.0122. The van der Waals surface area contributed by atoms with Crippen LogP contribution >= 0.6 is 23.4 Å². The first-order valence-corrected chi connectivity index (χ1v) is 7.14. The average molecular weight is 300 g/mol. The highest BCUT2D eigenvalue weighted by Crippen LogP contribution is 2.32. The van der Waals surface area contributed by atoms with E-state index in [0.717, 1.165) is 0 Å². The van der Waals surface area contributed by atoms with Crippen molar-refractivity contribution in [2.45, 2.75) is 25.2 Å². The van der Waals surface area contributed by atoms with Crippen LogP contribution < -0.4 is 4.90 Å². The highest BCUT2D eigenvalue weighted by Gasteiger charge is 2.32. The summed E-state index contributed by atoms with van der Waals surface area (Å²) in [7, 11) is 0. The van der Waals surface area contributed by atoms with E-state index in [1.807, 2.05) is 0 Å². The number of carbonyl (C=O) groups is 2. The number of halogens is 1. The standard InChI is InChI=1S/C13H14ClNO3S/c1-8(17)19-11-5-13(18)15(6-11)12-3-2-10(14)4-9(12)7-16/h2-4,11,16H,5-7H2,1H3. The molecule has 1 amide bonds. The van der Waals surface area contributed by atoms with E-state index in [0.29, 0.717) is 29.2 Å². The molecule has 0 saturated carbocycles. The minimum Gasteiger partial charge on any atom is -0.392 e. The highest BCUT2D eigenvalue weighted by molar-refractivity contribution is 8.14. The Morgan fingerprint density at radius 1 is 1.58 bits per heavy atom. The van der Waals surface area contributed by atoms with E-state index in [-0.39, 0.29) is 22.9 Å². The smallest absolute Gasteiger partial charge is 0.228 e. The van der Waals surface area contributed by atoms with Crippen LogP contribution in [0, 0.1) is 0 Å². The normalized spacial score (nSPS) is 19.0. The zero-order valence-electron chi connectivity index (χ0n) is 10.4. The Balaban J connectivity index is 2.23. The largest absolute Gasteiger partial charge is 0.392 e. The molecule has 0 bridgehead atoms. The molecule has 0 aliphatic carbocycles. The van der Waals surface area contributed by atoms with Gasteiger partial charge in [0.15, 0.2) is 5.12 Å². The third kappa shape index (κ3) is 3.29. The number of amides is 1. The molecular formula is C13H14ClNO3S. The second-order valence-corrected chi connectivity index (χ2v) is 6.28. The van der Waals surface area contributed by atoms with Gasteiger partial charge in [0, 0.05) is 41.4 Å². The van der Waals surface area contributed by atoms with E-state index < -0.39 is 0 Å². The van der Waals surface area contributed by atoms with Crippen LogP contribution in [0.15, 0.2) is 18.2 Å². The van der Waals surface area contributed by atoms with Gasteiger partial charge in [-0.15, -0.1) is 0 Å². The predicted molar refractivity (Wildman–Crippen MR) is 76.4 cm³/mol. The molecule has 1 aliphatic rings. The molecule has 1 aromatic rings. The summed E-state index contributed by atoms with van der Waals surface area (Å²) >= 11 is 7.06. The van der Waals surface area contributed by atoms with Crippen LogP contribution in [0.1, 0.15) is 18.9 Å². The fraction of sp³-hybridized carbons (Fsp3) is 0.385. The maximum atomic E-state index is 12.0. The number of nitrogens with zero attached hydrogens (tertiary/aromatic N) is 1. The Morgan fingerprint density at radius 2 is 2.32 bits per heavy atom. The first kappa shape index (κ1) is 14.4. The molecule has 1 unspecified atom stereocenters. The van der Waals surface area contributed by atoms with Crippen molar-refractivity contribution >= 4 is 40.1 Å². The molecule has 1 aliphatic heterocycles. The molecule has 0 spiro atoms. The van der Waals surface area contributed by atoms with Crippen molar-refractivity contribution in [1.29, 1.82) is 0 Å². The Labute approximate surface area is 120 Å². The zero-order valence-corrected chi connectivity index (χ0v) is 12.0. The fourth-order valence-corrected chi connectivity index (χ4v) is 3.28. The van der Waals surface area contributed by atoms with Crippen molar-refractivity contribution < 1.29 is 14.7 Å². The maximum Gasteiger partial charge on any atom is 0.228 e. The lowest BCUT2D eigenvalue weighted by Gasteiger charge is -2.19. The molecule has 1 heterocycles. The lowest BCUT2D eigenvalue weighted by molar-refractivity contribution is -0.117. The van der Waals surface area contributed by atoms with Gasteiger partial charge in [-0.25, -0.2) is 0 Å². The third-order valence-corrected chi connectivity index (χ3v) is 4.14. The van der Waals surface area contributed by atoms with Crippen LogP contribution in [0.2, 0.25) is 5.02 Å². The van der Waals surface area contributed by atoms with Crippen LogP contribution in [0.25, 0.3) is 0 Å². The highest BCUT2D eigenvalue weighted by atomic mass is 35.5. The predicted octanol–water partition coefficient (Wildman–Crippen LogP) is 2.22. The molecule has 1 N–H and O–H groups in total. The van der Waals surface area contributed by atoms with Gasteiger partial charge in [-0.2, -0.15) is 0 Å². The van der Waals surface area contributed by atoms with Crippen LogP contribution in [-0.2, 0) is 16.2 Å². The van der Waals surface area contributed by atoms with Crippen molar-refractivity contribution in [1.82, 2.24) is 0 Å². The lowest BCUT2D eigenvalue weighted by atomic mass is 10.1. The van der Waals surface area contributed by atoms with E-state index in [9.17, 15) is 14.7 Å². The molecule has 1 atom stereocenters. The van der Waals surface area contributed by atoms with Gasteiger partial charge in [0.1, 0.15) is 0 Å². The first-order valence-electron chi connectivity index (χ1n) is 5.88. The molecule has 0 radical (unpaired) electrons. The molecule has 6 heteroatoms. The Hall–Kier alpha value is -1.04. The summed E-state index contributed by atoms with van der Waals surface area (Å²) in [6.07, 6.45) is 0.345. The molecule has 4 nitrogen and oxygen atoms in total. The molecule has 102 valence electrons. The summed E-state index contributed by atoms with van der Waals surface area (Å²) in [5.74, 6) is -0.0317. The molecule has 2 rings (SSSR count). The van der Waals surface area contributed by atoms with Crippen molar-refractivity contribution in [2.24, 2.45) is 0 Å². The Kier molecular flexibility index (Phi) is 4.50. The Bertz CT molecular complexity index is 521. The summed E-state index contributed by atoms with van der Waals surface area (Å²) in [4.78, 5) is 24.7. The van der Waals surface area contributed by atoms with Gasteiger partial charge in [0.05, 0.1) is 6.61 Å². The quantitative estimate of drug-likeness (QED) is 0.930. The van der Waals surface area contributed by atoms with E-state index >= 15 is 0 Å². The number of hydrogen-bond acceptors (Lipinski definition) is 4. The third-order valence-electron chi connectivity index (χ3n) is 2.92. The van der Waals surface area contributed by atoms with Crippen LogP contribution in [-0.4, -0.2) is 27.9 Å². The number of benzene rings is 1. The van der Waals surface area contributed by atoms with Crippen molar-refractivity contribution in [3.05, 3.63) is 28.8 Å². The van der Waals surface area contributed by atoms with Gasteiger partial charge in [0.2, 0.25) is 5.91 Å². The van der Waals surface area contributed by atoms with Gasteiger partial charge >= 0.3 is 0 Å². The maximum absolute atomic E-state index is 12.0.